The Morgan fingerprint density at radius 1 is 1.25 bits per heavy atom. The summed E-state index contributed by atoms with van der Waals surface area (Å²) in [5.74, 6) is 0.389. The average Bonchev–Trinajstić information content (AvgIpc) is 2.49. The smallest absolute Gasteiger partial charge is 0.272 e. The minimum absolute atomic E-state index is 0.182. The normalized spacial score (nSPS) is 11.7. The summed E-state index contributed by atoms with van der Waals surface area (Å²) in [4.78, 5) is 16.2. The summed E-state index contributed by atoms with van der Waals surface area (Å²) in [6.07, 6.45) is 1.70. The lowest BCUT2D eigenvalue weighted by Gasteiger charge is -2.12. The van der Waals surface area contributed by atoms with Crippen molar-refractivity contribution in [3.8, 4) is 0 Å². The summed E-state index contributed by atoms with van der Waals surface area (Å²) in [7, 11) is 0. The van der Waals surface area contributed by atoms with E-state index in [1.54, 1.807) is 18.3 Å². The van der Waals surface area contributed by atoms with Gasteiger partial charge in [-0.05, 0) is 38.1 Å². The lowest BCUT2D eigenvalue weighted by atomic mass is 10.2. The van der Waals surface area contributed by atoms with Crippen LogP contribution < -0.4 is 10.6 Å². The van der Waals surface area contributed by atoms with Crippen LogP contribution in [0.15, 0.2) is 36.5 Å². The fourth-order valence-electron chi connectivity index (χ4n) is 1.71. The first kappa shape index (κ1) is 13.9. The summed E-state index contributed by atoms with van der Waals surface area (Å²) < 4.78 is 0. The molecule has 2 aromatic rings. The van der Waals surface area contributed by atoms with E-state index in [1.165, 1.54) is 0 Å². The number of carbonyl (C=O) groups is 1. The maximum atomic E-state index is 12.0. The van der Waals surface area contributed by atoms with Crippen LogP contribution in [0.5, 0.6) is 0 Å². The molecule has 2 aromatic heterocycles. The first-order chi connectivity index (χ1) is 9.70. The fraction of sp³-hybridized carbons (Fsp3) is 0.286. The summed E-state index contributed by atoms with van der Waals surface area (Å²) in [5.41, 5.74) is 1.09. The molecule has 1 amide bonds. The van der Waals surface area contributed by atoms with Crippen molar-refractivity contribution in [1.82, 2.24) is 20.5 Å². The molecular weight excluding hydrogens is 254 g/mol. The van der Waals surface area contributed by atoms with Crippen LogP contribution in [-0.2, 0) is 0 Å². The number of anilines is 1. The van der Waals surface area contributed by atoms with Crippen molar-refractivity contribution in [2.45, 2.75) is 19.9 Å². The molecule has 0 aliphatic heterocycles. The number of carbonyl (C=O) groups excluding carboxylic acids is 1. The highest BCUT2D eigenvalue weighted by Gasteiger charge is 2.13. The molecule has 1 unspecified atom stereocenters. The molecule has 0 saturated heterocycles. The molecule has 6 heteroatoms. The predicted molar refractivity (Wildman–Crippen MR) is 76.3 cm³/mol. The van der Waals surface area contributed by atoms with Crippen molar-refractivity contribution in [2.75, 3.05) is 11.9 Å². The molecule has 1 atom stereocenters. The van der Waals surface area contributed by atoms with E-state index in [0.717, 1.165) is 12.2 Å². The number of rotatable bonds is 5. The average molecular weight is 271 g/mol. The first-order valence-corrected chi connectivity index (χ1v) is 6.50. The number of hydrogen-bond donors (Lipinski definition) is 2. The van der Waals surface area contributed by atoms with E-state index >= 15 is 0 Å². The largest absolute Gasteiger partial charge is 0.369 e. The predicted octanol–water partition coefficient (Wildman–Crippen LogP) is 1.79. The molecular formula is C14H17N5O. The maximum Gasteiger partial charge on any atom is 0.272 e. The molecule has 6 nitrogen and oxygen atoms in total. The maximum absolute atomic E-state index is 12.0. The molecule has 0 aliphatic rings. The van der Waals surface area contributed by atoms with Crippen molar-refractivity contribution in [3.63, 3.8) is 0 Å². The van der Waals surface area contributed by atoms with Gasteiger partial charge in [0.2, 0.25) is 0 Å². The van der Waals surface area contributed by atoms with Crippen molar-refractivity contribution in [3.05, 3.63) is 47.9 Å². The van der Waals surface area contributed by atoms with Crippen LogP contribution in [0.3, 0.4) is 0 Å². The number of amides is 1. The molecule has 20 heavy (non-hydrogen) atoms. The second-order valence-corrected chi connectivity index (χ2v) is 4.28. The second-order valence-electron chi connectivity index (χ2n) is 4.28. The van der Waals surface area contributed by atoms with E-state index in [4.69, 9.17) is 0 Å². The molecule has 0 saturated carbocycles. The highest BCUT2D eigenvalue weighted by atomic mass is 16.2. The van der Waals surface area contributed by atoms with Gasteiger partial charge in [-0.15, -0.1) is 10.2 Å². The Morgan fingerprint density at radius 3 is 2.70 bits per heavy atom. The third kappa shape index (κ3) is 3.50. The third-order valence-electron chi connectivity index (χ3n) is 2.73. The van der Waals surface area contributed by atoms with Gasteiger partial charge in [0.15, 0.2) is 5.69 Å². The lowest BCUT2D eigenvalue weighted by Crippen LogP contribution is -2.28. The number of hydrogen-bond acceptors (Lipinski definition) is 5. The molecule has 0 spiro atoms. The first-order valence-electron chi connectivity index (χ1n) is 6.50. The van der Waals surface area contributed by atoms with E-state index in [2.05, 4.69) is 25.8 Å². The Bertz CT molecular complexity index is 556. The molecule has 104 valence electrons. The Labute approximate surface area is 117 Å². The molecule has 0 aliphatic carbocycles. The fourth-order valence-corrected chi connectivity index (χ4v) is 1.71. The summed E-state index contributed by atoms with van der Waals surface area (Å²) in [5, 5.41) is 13.7. The van der Waals surface area contributed by atoms with Gasteiger partial charge in [0.1, 0.15) is 5.82 Å². The topological polar surface area (TPSA) is 79.8 Å². The number of nitrogens with one attached hydrogen (secondary N) is 2. The Balaban J connectivity index is 2.01. The highest BCUT2D eigenvalue weighted by molar-refractivity contribution is 5.92. The number of pyridine rings is 1. The van der Waals surface area contributed by atoms with E-state index in [9.17, 15) is 4.79 Å². The van der Waals surface area contributed by atoms with Crippen molar-refractivity contribution < 1.29 is 4.79 Å². The molecule has 0 radical (unpaired) electrons. The summed E-state index contributed by atoms with van der Waals surface area (Å²) in [6.45, 7) is 4.61. The van der Waals surface area contributed by atoms with E-state index < -0.39 is 0 Å². The van der Waals surface area contributed by atoms with Crippen LogP contribution in [0.4, 0.5) is 5.82 Å². The van der Waals surface area contributed by atoms with Crippen LogP contribution in [0.1, 0.15) is 36.1 Å². The van der Waals surface area contributed by atoms with Crippen LogP contribution in [0.2, 0.25) is 0 Å². The Hall–Kier alpha value is -2.50. The van der Waals surface area contributed by atoms with Gasteiger partial charge in [0.05, 0.1) is 11.7 Å². The Morgan fingerprint density at radius 2 is 2.10 bits per heavy atom. The molecule has 0 fully saturated rings. The van der Waals surface area contributed by atoms with E-state index in [1.807, 2.05) is 32.0 Å². The van der Waals surface area contributed by atoms with Gasteiger partial charge in [0.25, 0.3) is 5.91 Å². The summed E-state index contributed by atoms with van der Waals surface area (Å²) >= 11 is 0. The van der Waals surface area contributed by atoms with E-state index in [-0.39, 0.29) is 17.6 Å². The van der Waals surface area contributed by atoms with Gasteiger partial charge in [-0.1, -0.05) is 6.07 Å². The zero-order valence-electron chi connectivity index (χ0n) is 11.5. The molecule has 0 bridgehead atoms. The third-order valence-corrected chi connectivity index (χ3v) is 2.73. The van der Waals surface area contributed by atoms with Gasteiger partial charge < -0.3 is 10.6 Å². The zero-order chi connectivity index (χ0) is 14.4. The molecule has 0 aromatic carbocycles. The molecule has 2 N–H and O–H groups in total. The zero-order valence-corrected chi connectivity index (χ0v) is 11.5. The quantitative estimate of drug-likeness (QED) is 0.866. The molecule has 2 rings (SSSR count). The van der Waals surface area contributed by atoms with E-state index in [0.29, 0.717) is 5.82 Å². The highest BCUT2D eigenvalue weighted by Crippen LogP contribution is 2.09. The second kappa shape index (κ2) is 6.60. The number of nitrogens with zero attached hydrogens (tertiary/aromatic N) is 3. The van der Waals surface area contributed by atoms with Gasteiger partial charge in [-0.3, -0.25) is 9.78 Å². The monoisotopic (exact) mass is 271 g/mol. The number of aromatic nitrogens is 3. The van der Waals surface area contributed by atoms with Crippen LogP contribution in [-0.4, -0.2) is 27.6 Å². The van der Waals surface area contributed by atoms with Gasteiger partial charge in [0, 0.05) is 12.7 Å². The van der Waals surface area contributed by atoms with Gasteiger partial charge in [-0.25, -0.2) is 0 Å². The minimum Gasteiger partial charge on any atom is -0.369 e. The molecule has 2 heterocycles. The van der Waals surface area contributed by atoms with Crippen LogP contribution in [0.25, 0.3) is 0 Å². The van der Waals surface area contributed by atoms with Gasteiger partial charge >= 0.3 is 0 Å². The minimum atomic E-state index is -0.265. The lowest BCUT2D eigenvalue weighted by molar-refractivity contribution is 0.0933. The van der Waals surface area contributed by atoms with Crippen LogP contribution >= 0.6 is 0 Å². The SMILES string of the molecule is CCNc1ccc(C(=O)NC(C)c2ccccn2)nn1. The van der Waals surface area contributed by atoms with Crippen molar-refractivity contribution in [1.29, 1.82) is 0 Å². The Kier molecular flexibility index (Phi) is 4.60. The van der Waals surface area contributed by atoms with Crippen molar-refractivity contribution in [2.24, 2.45) is 0 Å². The standard InChI is InChI=1S/C14H17N5O/c1-3-15-13-8-7-12(18-19-13)14(20)17-10(2)11-6-4-5-9-16-11/h4-10H,3H2,1-2H3,(H,15,19)(H,17,20). The van der Waals surface area contributed by atoms with Crippen molar-refractivity contribution >= 4 is 11.7 Å². The van der Waals surface area contributed by atoms with Crippen LogP contribution in [0, 0.1) is 0 Å². The summed E-state index contributed by atoms with van der Waals surface area (Å²) in [6, 6.07) is 8.78. The van der Waals surface area contributed by atoms with Gasteiger partial charge in [-0.2, -0.15) is 0 Å².